The average molecular weight is 318 g/mol. The molecular formula is C16H22N4O3. The molecule has 0 unspecified atom stereocenters. The second-order valence-electron chi connectivity index (χ2n) is 6.08. The maximum Gasteiger partial charge on any atom is 0.329 e. The summed E-state index contributed by atoms with van der Waals surface area (Å²) in [5.41, 5.74) is 2.70. The van der Waals surface area contributed by atoms with Gasteiger partial charge in [-0.25, -0.2) is 5.43 Å². The molecule has 3 amide bonds. The number of carbonyl (C=O) groups excluding carboxylic acids is 3. The number of hydrazone groups is 1. The molecule has 7 nitrogen and oxygen atoms in total. The molecule has 23 heavy (non-hydrogen) atoms. The molecular weight excluding hydrogens is 296 g/mol. The first kappa shape index (κ1) is 18.3. The lowest BCUT2D eigenvalue weighted by Crippen LogP contribution is -2.41. The van der Waals surface area contributed by atoms with Crippen molar-refractivity contribution in [2.75, 3.05) is 5.32 Å². The largest absolute Gasteiger partial charge is 0.351 e. The van der Waals surface area contributed by atoms with Gasteiger partial charge in [0.15, 0.2) is 0 Å². The Kier molecular flexibility index (Phi) is 6.44. The molecule has 0 heterocycles. The van der Waals surface area contributed by atoms with Gasteiger partial charge < -0.3 is 10.6 Å². The van der Waals surface area contributed by atoms with E-state index in [-0.39, 0.29) is 17.9 Å². The highest BCUT2D eigenvalue weighted by atomic mass is 16.2. The van der Waals surface area contributed by atoms with Gasteiger partial charge >= 0.3 is 11.8 Å². The van der Waals surface area contributed by atoms with Gasteiger partial charge in [0, 0.05) is 16.9 Å². The Hall–Kier alpha value is -2.70. The number of carbonyl (C=O) groups is 3. The molecule has 0 atom stereocenters. The quantitative estimate of drug-likeness (QED) is 0.445. The third kappa shape index (κ3) is 7.75. The maximum absolute atomic E-state index is 11.7. The first-order chi connectivity index (χ1) is 10.7. The van der Waals surface area contributed by atoms with Crippen LogP contribution in [-0.4, -0.2) is 29.0 Å². The molecule has 3 N–H and O–H groups in total. The van der Waals surface area contributed by atoms with Crippen molar-refractivity contribution in [3.63, 3.8) is 0 Å². The second-order valence-corrected chi connectivity index (χ2v) is 6.08. The van der Waals surface area contributed by atoms with Gasteiger partial charge in [0.2, 0.25) is 5.91 Å². The van der Waals surface area contributed by atoms with Crippen LogP contribution in [0.25, 0.3) is 0 Å². The van der Waals surface area contributed by atoms with E-state index in [1.807, 2.05) is 20.8 Å². The van der Waals surface area contributed by atoms with Crippen LogP contribution in [0.2, 0.25) is 0 Å². The standard InChI is InChI=1S/C16H22N4O3/c1-11(10-13(21)18-16(2,3)4)19-20-15(23)14(22)17-12-8-6-5-7-9-12/h5-9H,10H2,1-4H3,(H,17,22)(H,18,21)(H,20,23)/b19-11+. The van der Waals surface area contributed by atoms with Gasteiger partial charge in [-0.05, 0) is 39.8 Å². The van der Waals surface area contributed by atoms with Gasteiger partial charge in [-0.3, -0.25) is 14.4 Å². The molecule has 0 fully saturated rings. The van der Waals surface area contributed by atoms with Crippen molar-refractivity contribution < 1.29 is 14.4 Å². The number of benzene rings is 1. The Morgan fingerprint density at radius 3 is 2.22 bits per heavy atom. The van der Waals surface area contributed by atoms with Crippen LogP contribution in [-0.2, 0) is 14.4 Å². The summed E-state index contributed by atoms with van der Waals surface area (Å²) < 4.78 is 0. The number of para-hydroxylation sites is 1. The van der Waals surface area contributed by atoms with Crippen molar-refractivity contribution in [1.29, 1.82) is 0 Å². The van der Waals surface area contributed by atoms with Crippen LogP contribution in [0.5, 0.6) is 0 Å². The molecule has 0 radical (unpaired) electrons. The molecule has 0 aliphatic rings. The zero-order valence-electron chi connectivity index (χ0n) is 13.8. The van der Waals surface area contributed by atoms with Crippen molar-refractivity contribution in [3.05, 3.63) is 30.3 Å². The highest BCUT2D eigenvalue weighted by molar-refractivity contribution is 6.39. The summed E-state index contributed by atoms with van der Waals surface area (Å²) in [5, 5.41) is 8.97. The molecule has 0 spiro atoms. The summed E-state index contributed by atoms with van der Waals surface area (Å²) in [6.07, 6.45) is 0.0395. The van der Waals surface area contributed by atoms with Crippen LogP contribution in [0.15, 0.2) is 35.4 Å². The SMILES string of the molecule is C/C(CC(=O)NC(C)(C)C)=N\NC(=O)C(=O)Nc1ccccc1. The summed E-state index contributed by atoms with van der Waals surface area (Å²) >= 11 is 0. The van der Waals surface area contributed by atoms with Gasteiger partial charge in [0.05, 0.1) is 6.42 Å². The molecule has 124 valence electrons. The predicted octanol–water partition coefficient (Wildman–Crippen LogP) is 1.42. The lowest BCUT2D eigenvalue weighted by Gasteiger charge is -2.20. The minimum Gasteiger partial charge on any atom is -0.351 e. The zero-order valence-corrected chi connectivity index (χ0v) is 13.8. The van der Waals surface area contributed by atoms with Crippen molar-refractivity contribution in [1.82, 2.24) is 10.7 Å². The second kappa shape index (κ2) is 8.07. The lowest BCUT2D eigenvalue weighted by molar-refractivity contribution is -0.136. The molecule has 0 saturated carbocycles. The van der Waals surface area contributed by atoms with E-state index in [9.17, 15) is 14.4 Å². The van der Waals surface area contributed by atoms with Crippen LogP contribution in [0.4, 0.5) is 5.69 Å². The highest BCUT2D eigenvalue weighted by Gasteiger charge is 2.15. The van der Waals surface area contributed by atoms with Crippen molar-refractivity contribution in [2.24, 2.45) is 5.10 Å². The number of anilines is 1. The smallest absolute Gasteiger partial charge is 0.329 e. The van der Waals surface area contributed by atoms with Crippen molar-refractivity contribution in [3.8, 4) is 0 Å². The normalized spacial score (nSPS) is 11.6. The van der Waals surface area contributed by atoms with E-state index in [0.29, 0.717) is 11.4 Å². The topological polar surface area (TPSA) is 99.7 Å². The molecule has 1 rings (SSSR count). The van der Waals surface area contributed by atoms with Crippen LogP contribution in [0.1, 0.15) is 34.1 Å². The van der Waals surface area contributed by atoms with E-state index >= 15 is 0 Å². The first-order valence-electron chi connectivity index (χ1n) is 7.18. The fraction of sp³-hybridized carbons (Fsp3) is 0.375. The van der Waals surface area contributed by atoms with E-state index in [1.54, 1.807) is 37.3 Å². The van der Waals surface area contributed by atoms with Crippen LogP contribution in [0, 0.1) is 0 Å². The van der Waals surface area contributed by atoms with Gasteiger partial charge in [0.1, 0.15) is 0 Å². The number of amides is 3. The fourth-order valence-electron chi connectivity index (χ4n) is 1.64. The Bertz CT molecular complexity index is 604. The third-order valence-corrected chi connectivity index (χ3v) is 2.52. The Morgan fingerprint density at radius 1 is 1.04 bits per heavy atom. The van der Waals surface area contributed by atoms with Crippen LogP contribution >= 0.6 is 0 Å². The Morgan fingerprint density at radius 2 is 1.65 bits per heavy atom. The number of rotatable bonds is 4. The molecule has 0 saturated heterocycles. The molecule has 0 bridgehead atoms. The minimum absolute atomic E-state index is 0.0395. The van der Waals surface area contributed by atoms with E-state index in [0.717, 1.165) is 0 Å². The average Bonchev–Trinajstić information content (AvgIpc) is 2.43. The Balaban J connectivity index is 2.47. The minimum atomic E-state index is -0.899. The molecule has 0 aliphatic heterocycles. The lowest BCUT2D eigenvalue weighted by atomic mass is 10.1. The van der Waals surface area contributed by atoms with Crippen LogP contribution < -0.4 is 16.1 Å². The predicted molar refractivity (Wildman–Crippen MR) is 88.8 cm³/mol. The molecule has 0 aliphatic carbocycles. The van der Waals surface area contributed by atoms with E-state index in [2.05, 4.69) is 21.2 Å². The molecule has 1 aromatic rings. The van der Waals surface area contributed by atoms with Gasteiger partial charge in [0.25, 0.3) is 0 Å². The van der Waals surface area contributed by atoms with E-state index in [1.165, 1.54) is 0 Å². The maximum atomic E-state index is 11.7. The number of hydrogen-bond acceptors (Lipinski definition) is 4. The molecule has 0 aromatic heterocycles. The van der Waals surface area contributed by atoms with Crippen molar-refractivity contribution >= 4 is 29.1 Å². The monoisotopic (exact) mass is 318 g/mol. The third-order valence-electron chi connectivity index (χ3n) is 2.52. The summed E-state index contributed by atoms with van der Waals surface area (Å²) in [6, 6.07) is 8.60. The highest BCUT2D eigenvalue weighted by Crippen LogP contribution is 2.04. The molecule has 1 aromatic carbocycles. The van der Waals surface area contributed by atoms with Crippen LogP contribution in [0.3, 0.4) is 0 Å². The summed E-state index contributed by atoms with van der Waals surface area (Å²) in [7, 11) is 0. The van der Waals surface area contributed by atoms with Gasteiger partial charge in [-0.1, -0.05) is 18.2 Å². The summed E-state index contributed by atoms with van der Waals surface area (Å²) in [6.45, 7) is 7.20. The summed E-state index contributed by atoms with van der Waals surface area (Å²) in [4.78, 5) is 35.0. The fourth-order valence-corrected chi connectivity index (χ4v) is 1.64. The molecule has 7 heteroatoms. The van der Waals surface area contributed by atoms with E-state index < -0.39 is 11.8 Å². The van der Waals surface area contributed by atoms with Gasteiger partial charge in [-0.15, -0.1) is 0 Å². The number of nitrogens with zero attached hydrogens (tertiary/aromatic N) is 1. The zero-order chi connectivity index (χ0) is 17.5. The first-order valence-corrected chi connectivity index (χ1v) is 7.18. The Labute approximate surface area is 135 Å². The van der Waals surface area contributed by atoms with E-state index in [4.69, 9.17) is 0 Å². The number of nitrogens with one attached hydrogen (secondary N) is 3. The van der Waals surface area contributed by atoms with Gasteiger partial charge in [-0.2, -0.15) is 5.10 Å². The van der Waals surface area contributed by atoms with Crippen molar-refractivity contribution in [2.45, 2.75) is 39.7 Å². The summed E-state index contributed by atoms with van der Waals surface area (Å²) in [5.74, 6) is -1.93. The number of hydrogen-bond donors (Lipinski definition) is 3.